The third-order valence-electron chi connectivity index (χ3n) is 7.04. The van der Waals surface area contributed by atoms with Crippen molar-refractivity contribution < 1.29 is 32.2 Å². The van der Waals surface area contributed by atoms with E-state index in [9.17, 15) is 18.0 Å². The molecule has 0 amide bonds. The van der Waals surface area contributed by atoms with Gasteiger partial charge in [0.1, 0.15) is 11.5 Å². The molecule has 0 radical (unpaired) electrons. The first kappa shape index (κ1) is 27.2. The number of rotatable bonds is 9. The molecule has 0 bridgehead atoms. The summed E-state index contributed by atoms with van der Waals surface area (Å²) in [6, 6.07) is 16.5. The predicted molar refractivity (Wildman–Crippen MR) is 144 cm³/mol. The summed E-state index contributed by atoms with van der Waals surface area (Å²) < 4.78 is 52.4. The van der Waals surface area contributed by atoms with Gasteiger partial charge in [-0.1, -0.05) is 18.2 Å². The number of thioether (sulfide) groups is 1. The van der Waals surface area contributed by atoms with Crippen molar-refractivity contribution in [3.05, 3.63) is 82.4 Å². The smallest absolute Gasteiger partial charge is 0.482 e. The first-order valence-electron chi connectivity index (χ1n) is 13.1. The number of benzene rings is 3. The highest BCUT2D eigenvalue weighted by atomic mass is 32.2. The van der Waals surface area contributed by atoms with Gasteiger partial charge in [0.05, 0.1) is 6.61 Å². The van der Waals surface area contributed by atoms with Crippen molar-refractivity contribution in [1.82, 2.24) is 0 Å². The lowest BCUT2D eigenvalue weighted by Crippen LogP contribution is -2.31. The zero-order chi connectivity index (χ0) is 27.4. The fraction of sp³-hybridized carbons (Fsp3) is 0.367. The van der Waals surface area contributed by atoms with Gasteiger partial charge in [0.2, 0.25) is 0 Å². The summed E-state index contributed by atoms with van der Waals surface area (Å²) >= 11 is 1.81. The van der Waals surface area contributed by atoms with Crippen LogP contribution in [0.1, 0.15) is 41.2 Å². The summed E-state index contributed by atoms with van der Waals surface area (Å²) in [6.45, 7) is 3.52. The van der Waals surface area contributed by atoms with Crippen LogP contribution in [0.2, 0.25) is 0 Å². The number of esters is 1. The number of hydrogen-bond acceptors (Lipinski definition) is 6. The summed E-state index contributed by atoms with van der Waals surface area (Å²) in [6.07, 6.45) is -0.844. The maximum atomic E-state index is 12.5. The van der Waals surface area contributed by atoms with E-state index in [1.54, 1.807) is 19.1 Å². The summed E-state index contributed by atoms with van der Waals surface area (Å²) in [5.74, 6) is 0.992. The standard InChI is InChI=1S/C30H30F3NO4S/c1-2-36-29(35)18-37-27-13-14-28(25-8-4-7-24(25)27)39-19-21-6-3-5-20-15-16-34(17-26(20)21)22-9-11-23(12-10-22)38-30(31,32)33/h3,5-6,9-14H,2,4,7-8,15-19H2,1H3. The molecule has 39 heavy (non-hydrogen) atoms. The molecule has 2 aliphatic rings. The van der Waals surface area contributed by atoms with Crippen molar-refractivity contribution in [2.75, 3.05) is 24.7 Å². The van der Waals surface area contributed by atoms with Crippen LogP contribution in [-0.2, 0) is 41.1 Å². The second-order valence-electron chi connectivity index (χ2n) is 9.52. The molecule has 3 aromatic rings. The number of alkyl halides is 3. The van der Waals surface area contributed by atoms with Crippen molar-refractivity contribution in [2.45, 2.75) is 56.2 Å². The van der Waals surface area contributed by atoms with Gasteiger partial charge in [0.15, 0.2) is 6.61 Å². The summed E-state index contributed by atoms with van der Waals surface area (Å²) in [7, 11) is 0. The van der Waals surface area contributed by atoms with Crippen molar-refractivity contribution in [1.29, 1.82) is 0 Å². The van der Waals surface area contributed by atoms with Crippen LogP contribution in [0, 0.1) is 0 Å². The molecule has 5 nitrogen and oxygen atoms in total. The molecule has 206 valence electrons. The number of anilines is 1. The zero-order valence-corrected chi connectivity index (χ0v) is 22.5. The van der Waals surface area contributed by atoms with Crippen LogP contribution >= 0.6 is 11.8 Å². The van der Waals surface area contributed by atoms with Gasteiger partial charge < -0.3 is 19.1 Å². The zero-order valence-electron chi connectivity index (χ0n) is 21.7. The molecule has 1 aliphatic carbocycles. The topological polar surface area (TPSA) is 48.0 Å². The second-order valence-corrected chi connectivity index (χ2v) is 10.5. The Morgan fingerprint density at radius 2 is 1.77 bits per heavy atom. The van der Waals surface area contributed by atoms with E-state index in [2.05, 4.69) is 33.9 Å². The predicted octanol–water partition coefficient (Wildman–Crippen LogP) is 6.87. The number of nitrogens with zero attached hydrogens (tertiary/aromatic N) is 1. The Kier molecular flexibility index (Phi) is 8.26. The van der Waals surface area contributed by atoms with Gasteiger partial charge in [-0.05, 0) is 96.8 Å². The molecule has 3 aromatic carbocycles. The van der Waals surface area contributed by atoms with Crippen LogP contribution in [-0.4, -0.2) is 32.1 Å². The lowest BCUT2D eigenvalue weighted by atomic mass is 9.95. The van der Waals surface area contributed by atoms with E-state index >= 15 is 0 Å². The van der Waals surface area contributed by atoms with Crippen LogP contribution in [0.3, 0.4) is 0 Å². The molecule has 0 fully saturated rings. The normalized spacial score (nSPS) is 14.5. The van der Waals surface area contributed by atoms with E-state index in [0.29, 0.717) is 13.2 Å². The highest BCUT2D eigenvalue weighted by molar-refractivity contribution is 7.98. The minimum absolute atomic E-state index is 0.0858. The highest BCUT2D eigenvalue weighted by Gasteiger charge is 2.31. The largest absolute Gasteiger partial charge is 0.573 e. The Bertz CT molecular complexity index is 1330. The van der Waals surface area contributed by atoms with E-state index in [-0.39, 0.29) is 18.3 Å². The van der Waals surface area contributed by atoms with E-state index in [1.807, 2.05) is 17.8 Å². The minimum Gasteiger partial charge on any atom is -0.482 e. The molecule has 0 atom stereocenters. The summed E-state index contributed by atoms with van der Waals surface area (Å²) in [5.41, 5.74) is 7.20. The summed E-state index contributed by atoms with van der Waals surface area (Å²) in [5, 5.41) is 0. The Morgan fingerprint density at radius 3 is 2.54 bits per heavy atom. The first-order chi connectivity index (χ1) is 18.8. The lowest BCUT2D eigenvalue weighted by molar-refractivity contribution is -0.274. The average Bonchev–Trinajstić information content (AvgIpc) is 3.41. The van der Waals surface area contributed by atoms with Gasteiger partial charge in [-0.2, -0.15) is 0 Å². The van der Waals surface area contributed by atoms with Gasteiger partial charge in [0, 0.05) is 29.4 Å². The molecule has 0 spiro atoms. The first-order valence-corrected chi connectivity index (χ1v) is 14.1. The SMILES string of the molecule is CCOC(=O)COc1ccc(SCc2cccc3c2CN(c2ccc(OC(F)(F)F)cc2)CC3)c2c1CCC2. The molecule has 5 rings (SSSR count). The molecule has 0 saturated heterocycles. The molecule has 0 saturated carbocycles. The number of fused-ring (bicyclic) bond motifs is 2. The van der Waals surface area contributed by atoms with Gasteiger partial charge in [-0.25, -0.2) is 4.79 Å². The maximum Gasteiger partial charge on any atom is 0.573 e. The third-order valence-corrected chi connectivity index (χ3v) is 8.19. The van der Waals surface area contributed by atoms with Crippen LogP contribution in [0.15, 0.2) is 59.5 Å². The Morgan fingerprint density at radius 1 is 0.974 bits per heavy atom. The van der Waals surface area contributed by atoms with Crippen molar-refractivity contribution >= 4 is 23.4 Å². The molecule has 1 heterocycles. The Hall–Kier alpha value is -3.33. The van der Waals surface area contributed by atoms with Gasteiger partial charge in [-0.3, -0.25) is 0 Å². The quantitative estimate of drug-likeness (QED) is 0.211. The fourth-order valence-electron chi connectivity index (χ4n) is 5.27. The number of ether oxygens (including phenoxy) is 3. The molecule has 1 aliphatic heterocycles. The van der Waals surface area contributed by atoms with Crippen molar-refractivity contribution in [2.24, 2.45) is 0 Å². The number of carbonyl (C=O) groups excluding carboxylic acids is 1. The minimum atomic E-state index is -4.70. The van der Waals surface area contributed by atoms with Crippen LogP contribution in [0.5, 0.6) is 11.5 Å². The average molecular weight is 558 g/mol. The Balaban J connectivity index is 1.28. The second kappa shape index (κ2) is 11.8. The van der Waals surface area contributed by atoms with Crippen molar-refractivity contribution in [3.63, 3.8) is 0 Å². The Labute approximate surface area is 230 Å². The molecule has 0 unspecified atom stereocenters. The van der Waals surface area contributed by atoms with Crippen LogP contribution in [0.25, 0.3) is 0 Å². The maximum absolute atomic E-state index is 12.5. The molecule has 9 heteroatoms. The third kappa shape index (κ3) is 6.64. The highest BCUT2D eigenvalue weighted by Crippen LogP contribution is 2.40. The molecular weight excluding hydrogens is 527 g/mol. The summed E-state index contributed by atoms with van der Waals surface area (Å²) in [4.78, 5) is 15.2. The van der Waals surface area contributed by atoms with Gasteiger partial charge in [-0.15, -0.1) is 24.9 Å². The number of hydrogen-bond donors (Lipinski definition) is 0. The van der Waals surface area contributed by atoms with E-state index in [0.717, 1.165) is 49.4 Å². The van der Waals surface area contributed by atoms with Gasteiger partial charge >= 0.3 is 12.3 Å². The van der Waals surface area contributed by atoms with Gasteiger partial charge in [0.25, 0.3) is 0 Å². The van der Waals surface area contributed by atoms with E-state index < -0.39 is 6.36 Å². The van der Waals surface area contributed by atoms with Crippen LogP contribution < -0.4 is 14.4 Å². The molecule has 0 aromatic heterocycles. The fourth-order valence-corrected chi connectivity index (χ4v) is 6.42. The monoisotopic (exact) mass is 557 g/mol. The number of carbonyl (C=O) groups is 1. The van der Waals surface area contributed by atoms with Crippen molar-refractivity contribution in [3.8, 4) is 11.5 Å². The lowest BCUT2D eigenvalue weighted by Gasteiger charge is -2.32. The van der Waals surface area contributed by atoms with E-state index in [4.69, 9.17) is 9.47 Å². The molecule has 0 N–H and O–H groups in total. The molecular formula is C30H30F3NO4S. The van der Waals surface area contributed by atoms with Crippen LogP contribution in [0.4, 0.5) is 18.9 Å². The van der Waals surface area contributed by atoms with E-state index in [1.165, 1.54) is 44.8 Å². The number of halogens is 3.